The van der Waals surface area contributed by atoms with E-state index < -0.39 is 0 Å². The standard InChI is InChI=1S/C22H31N3S.C4H8.C3H9N.C2H6/c1-8-12-20(13-9-2)21-15-24-26-22(21)25-18(7)17(6)23-14-16(5)19(10-3)11-4;1-3-4-2;1-4(2)3;1-2/h10-12,14-15,25H,3,7-9,13H2,1-2,4-6H3;3-4H,1-2H3;1-3H3;1-2H3/b16-14+,19-11+,20-12+,23-17?;4-3-;;. The van der Waals surface area contributed by atoms with E-state index >= 15 is 0 Å². The van der Waals surface area contributed by atoms with E-state index in [2.05, 4.69) is 47.8 Å². The summed E-state index contributed by atoms with van der Waals surface area (Å²) in [7, 11) is 6.00. The van der Waals surface area contributed by atoms with E-state index in [1.807, 2.05) is 111 Å². The van der Waals surface area contributed by atoms with Gasteiger partial charge in [0.25, 0.3) is 0 Å². The lowest BCUT2D eigenvalue weighted by molar-refractivity contribution is 0.505. The van der Waals surface area contributed by atoms with E-state index in [9.17, 15) is 0 Å². The van der Waals surface area contributed by atoms with Crippen molar-refractivity contribution in [2.45, 2.75) is 81.6 Å². The van der Waals surface area contributed by atoms with E-state index in [4.69, 9.17) is 0 Å². The van der Waals surface area contributed by atoms with Gasteiger partial charge in [-0.2, -0.15) is 4.37 Å². The Morgan fingerprint density at radius 2 is 1.67 bits per heavy atom. The van der Waals surface area contributed by atoms with Crippen molar-refractivity contribution in [3.8, 4) is 0 Å². The number of rotatable bonds is 10. The molecule has 0 aliphatic rings. The van der Waals surface area contributed by atoms with Crippen molar-refractivity contribution in [1.82, 2.24) is 9.27 Å². The molecular weight excluding hydrogens is 460 g/mol. The first-order valence-corrected chi connectivity index (χ1v) is 13.7. The van der Waals surface area contributed by atoms with Crippen molar-refractivity contribution in [2.75, 3.05) is 26.5 Å². The lowest BCUT2D eigenvalue weighted by Gasteiger charge is -2.11. The third kappa shape index (κ3) is 18.8. The zero-order valence-corrected chi connectivity index (χ0v) is 26.1. The highest BCUT2D eigenvalue weighted by Gasteiger charge is 2.11. The lowest BCUT2D eigenvalue weighted by Crippen LogP contribution is -2.07. The second-order valence-electron chi connectivity index (χ2n) is 8.04. The average molecular weight is 515 g/mol. The Balaban J connectivity index is -0.000000930. The summed E-state index contributed by atoms with van der Waals surface area (Å²) in [6.07, 6.45) is 17.1. The van der Waals surface area contributed by atoms with Gasteiger partial charge in [-0.25, -0.2) is 0 Å². The molecule has 1 aromatic rings. The Labute approximate surface area is 228 Å². The Bertz CT molecular complexity index is 858. The lowest BCUT2D eigenvalue weighted by atomic mass is 10.0. The first-order chi connectivity index (χ1) is 17.1. The van der Waals surface area contributed by atoms with Gasteiger partial charge < -0.3 is 10.2 Å². The number of aliphatic imine (C=N–C) groups is 1. The van der Waals surface area contributed by atoms with Gasteiger partial charge >= 0.3 is 0 Å². The van der Waals surface area contributed by atoms with Crippen LogP contribution >= 0.6 is 11.5 Å². The smallest absolute Gasteiger partial charge is 0.121 e. The van der Waals surface area contributed by atoms with Crippen LogP contribution in [0.15, 0.2) is 77.8 Å². The number of aromatic nitrogens is 1. The molecule has 204 valence electrons. The summed E-state index contributed by atoms with van der Waals surface area (Å²) < 4.78 is 4.37. The molecule has 1 N–H and O–H groups in total. The number of allylic oxidation sites excluding steroid dienone is 9. The fourth-order valence-corrected chi connectivity index (χ4v) is 3.22. The molecule has 0 fully saturated rings. The van der Waals surface area contributed by atoms with Gasteiger partial charge in [0.1, 0.15) is 5.00 Å². The Morgan fingerprint density at radius 3 is 2.08 bits per heavy atom. The summed E-state index contributed by atoms with van der Waals surface area (Å²) in [6, 6.07) is 0. The van der Waals surface area contributed by atoms with Crippen LogP contribution in [0.3, 0.4) is 0 Å². The van der Waals surface area contributed by atoms with Crippen molar-refractivity contribution < 1.29 is 0 Å². The van der Waals surface area contributed by atoms with Gasteiger partial charge in [-0.1, -0.05) is 77.7 Å². The van der Waals surface area contributed by atoms with E-state index in [0.29, 0.717) is 0 Å². The van der Waals surface area contributed by atoms with Gasteiger partial charge in [-0.3, -0.25) is 4.99 Å². The van der Waals surface area contributed by atoms with Gasteiger partial charge in [-0.15, -0.1) is 0 Å². The number of nitrogens with zero attached hydrogens (tertiary/aromatic N) is 3. The average Bonchev–Trinajstić information content (AvgIpc) is 3.32. The highest BCUT2D eigenvalue weighted by Crippen LogP contribution is 2.31. The first kappa shape index (κ1) is 38.0. The van der Waals surface area contributed by atoms with Crippen LogP contribution in [0.4, 0.5) is 5.00 Å². The molecule has 1 aromatic heterocycles. The maximum Gasteiger partial charge on any atom is 0.121 e. The Kier molecular flexibility index (Phi) is 27.0. The summed E-state index contributed by atoms with van der Waals surface area (Å²) in [6.45, 7) is 26.3. The van der Waals surface area contributed by atoms with E-state index in [-0.39, 0.29) is 0 Å². The van der Waals surface area contributed by atoms with Gasteiger partial charge in [-0.05, 0) is 96.9 Å². The van der Waals surface area contributed by atoms with Crippen molar-refractivity contribution in [2.24, 2.45) is 4.99 Å². The van der Waals surface area contributed by atoms with Gasteiger partial charge in [0.2, 0.25) is 0 Å². The third-order valence-electron chi connectivity index (χ3n) is 4.36. The molecule has 0 unspecified atom stereocenters. The minimum atomic E-state index is 0.785. The molecule has 0 aliphatic carbocycles. The minimum absolute atomic E-state index is 0.785. The Hall–Kier alpha value is -2.50. The van der Waals surface area contributed by atoms with Crippen LogP contribution in [0, 0.1) is 0 Å². The molecule has 1 rings (SSSR count). The quantitative estimate of drug-likeness (QED) is 0.192. The van der Waals surface area contributed by atoms with Crippen LogP contribution in [0.5, 0.6) is 0 Å². The molecule has 0 bridgehead atoms. The summed E-state index contributed by atoms with van der Waals surface area (Å²) >= 11 is 1.46. The molecule has 0 amide bonds. The van der Waals surface area contributed by atoms with E-state index in [1.54, 1.807) is 0 Å². The molecule has 0 saturated carbocycles. The molecule has 0 spiro atoms. The third-order valence-corrected chi connectivity index (χ3v) is 5.07. The fraction of sp³-hybridized carbons (Fsp3) is 0.484. The van der Waals surface area contributed by atoms with Crippen LogP contribution in [-0.4, -0.2) is 36.1 Å². The molecule has 0 aliphatic heterocycles. The molecule has 0 atom stereocenters. The van der Waals surface area contributed by atoms with E-state index in [0.717, 1.165) is 46.8 Å². The topological polar surface area (TPSA) is 40.5 Å². The van der Waals surface area contributed by atoms with Crippen LogP contribution < -0.4 is 5.32 Å². The maximum absolute atomic E-state index is 4.54. The second-order valence-corrected chi connectivity index (χ2v) is 8.84. The molecule has 4 nitrogen and oxygen atoms in total. The predicted octanol–water partition coefficient (Wildman–Crippen LogP) is 9.95. The summed E-state index contributed by atoms with van der Waals surface area (Å²) in [5, 5.41) is 4.42. The van der Waals surface area contributed by atoms with Crippen molar-refractivity contribution in [1.29, 1.82) is 0 Å². The number of anilines is 1. The van der Waals surface area contributed by atoms with E-state index in [1.165, 1.54) is 22.7 Å². The van der Waals surface area contributed by atoms with Crippen molar-refractivity contribution >= 4 is 27.8 Å². The molecule has 0 saturated heterocycles. The highest BCUT2D eigenvalue weighted by atomic mass is 32.1. The molecule has 36 heavy (non-hydrogen) atoms. The Morgan fingerprint density at radius 1 is 1.11 bits per heavy atom. The second kappa shape index (κ2) is 25.6. The summed E-state index contributed by atoms with van der Waals surface area (Å²) in [5.74, 6) is 0. The highest BCUT2D eigenvalue weighted by molar-refractivity contribution is 7.10. The SMILES string of the molecule is C/C=C\C.C=CC(=C\C)/C(C)=C/N=C(C)C(=C)Nc1sncc1/C(=C/CC)CCC.CC.CN(C)C. The van der Waals surface area contributed by atoms with Crippen LogP contribution in [0.25, 0.3) is 5.57 Å². The largest absolute Gasteiger partial charge is 0.344 e. The number of nitrogens with one attached hydrogen (secondary N) is 1. The van der Waals surface area contributed by atoms with Gasteiger partial charge in [0.05, 0.1) is 17.6 Å². The molecule has 1 heterocycles. The first-order valence-electron chi connectivity index (χ1n) is 12.9. The molecule has 0 radical (unpaired) electrons. The number of hydrogen-bond acceptors (Lipinski definition) is 5. The minimum Gasteiger partial charge on any atom is -0.344 e. The molecule has 0 aromatic carbocycles. The normalized spacial score (nSPS) is 12.1. The summed E-state index contributed by atoms with van der Waals surface area (Å²) in [5.41, 5.74) is 6.30. The zero-order chi connectivity index (χ0) is 28.5. The van der Waals surface area contributed by atoms with Crippen LogP contribution in [-0.2, 0) is 0 Å². The molecular formula is C31H54N4S. The van der Waals surface area contributed by atoms with Crippen molar-refractivity contribution in [3.05, 3.63) is 78.3 Å². The molecule has 5 heteroatoms. The summed E-state index contributed by atoms with van der Waals surface area (Å²) in [4.78, 5) is 6.54. The predicted molar refractivity (Wildman–Crippen MR) is 170 cm³/mol. The maximum atomic E-state index is 4.54. The number of hydrogen-bond donors (Lipinski definition) is 1. The monoisotopic (exact) mass is 514 g/mol. The van der Waals surface area contributed by atoms with Gasteiger partial charge in [0.15, 0.2) is 0 Å². The van der Waals surface area contributed by atoms with Crippen LogP contribution in [0.1, 0.15) is 87.1 Å². The zero-order valence-electron chi connectivity index (χ0n) is 25.3. The van der Waals surface area contributed by atoms with Crippen molar-refractivity contribution in [3.63, 3.8) is 0 Å². The van der Waals surface area contributed by atoms with Gasteiger partial charge in [0, 0.05) is 11.8 Å². The fourth-order valence-electron chi connectivity index (χ4n) is 2.50. The van der Waals surface area contributed by atoms with Crippen LogP contribution in [0.2, 0.25) is 0 Å².